The second kappa shape index (κ2) is 10.4. The molecule has 0 saturated heterocycles. The van der Waals surface area contributed by atoms with E-state index in [1.54, 1.807) is 0 Å². The molecule has 0 fully saturated rings. The van der Waals surface area contributed by atoms with E-state index in [0.717, 1.165) is 38.1 Å². The average molecular weight is 243 g/mol. The van der Waals surface area contributed by atoms with Crippen molar-refractivity contribution < 1.29 is 9.53 Å². The van der Waals surface area contributed by atoms with Crippen LogP contribution in [0, 0.1) is 11.8 Å². The van der Waals surface area contributed by atoms with Crippen LogP contribution < -0.4 is 5.32 Å². The molecule has 0 spiro atoms. The van der Waals surface area contributed by atoms with Gasteiger partial charge in [0.15, 0.2) is 0 Å². The maximum Gasteiger partial charge on any atom is 0.407 e. The number of hydrogen-bond donors (Lipinski definition) is 1. The predicted octanol–water partition coefficient (Wildman–Crippen LogP) is 3.98. The van der Waals surface area contributed by atoms with E-state index in [1.165, 1.54) is 6.42 Å². The molecule has 0 aromatic carbocycles. The molecule has 0 saturated carbocycles. The zero-order valence-electron chi connectivity index (χ0n) is 11.9. The maximum absolute atomic E-state index is 11.3. The second-order valence-corrected chi connectivity index (χ2v) is 5.49. The number of hydrogen-bond acceptors (Lipinski definition) is 2. The predicted molar refractivity (Wildman–Crippen MR) is 72.1 cm³/mol. The van der Waals surface area contributed by atoms with Crippen molar-refractivity contribution >= 4 is 6.09 Å². The molecule has 1 amide bonds. The summed E-state index contributed by atoms with van der Waals surface area (Å²) in [6, 6.07) is 0. The van der Waals surface area contributed by atoms with E-state index in [1.807, 2.05) is 0 Å². The quantitative estimate of drug-likeness (QED) is 0.622. The largest absolute Gasteiger partial charge is 0.450 e. The summed E-state index contributed by atoms with van der Waals surface area (Å²) in [4.78, 5) is 11.3. The van der Waals surface area contributed by atoms with Gasteiger partial charge in [-0.25, -0.2) is 4.79 Å². The van der Waals surface area contributed by atoms with Crippen LogP contribution in [-0.4, -0.2) is 19.2 Å². The molecule has 0 aliphatic heterocycles. The van der Waals surface area contributed by atoms with E-state index in [2.05, 4.69) is 33.0 Å². The molecular weight excluding hydrogens is 214 g/mol. The average Bonchev–Trinajstić information content (AvgIpc) is 2.23. The number of amides is 1. The third-order valence-electron chi connectivity index (χ3n) is 2.64. The number of ether oxygens (including phenoxy) is 1. The van der Waals surface area contributed by atoms with Crippen molar-refractivity contribution in [3.8, 4) is 0 Å². The first-order chi connectivity index (χ1) is 8.02. The van der Waals surface area contributed by atoms with Gasteiger partial charge >= 0.3 is 6.09 Å². The van der Waals surface area contributed by atoms with Gasteiger partial charge in [0, 0.05) is 6.54 Å². The Kier molecular flexibility index (Phi) is 9.98. The molecule has 0 heterocycles. The highest BCUT2D eigenvalue weighted by Gasteiger charge is 2.01. The highest BCUT2D eigenvalue weighted by atomic mass is 16.5. The van der Waals surface area contributed by atoms with Gasteiger partial charge in [-0.3, -0.25) is 0 Å². The second-order valence-electron chi connectivity index (χ2n) is 5.49. The Morgan fingerprint density at radius 2 is 1.59 bits per heavy atom. The minimum absolute atomic E-state index is 0.265. The summed E-state index contributed by atoms with van der Waals surface area (Å²) in [6.45, 7) is 10.1. The minimum atomic E-state index is -0.265. The van der Waals surface area contributed by atoms with Gasteiger partial charge in [-0.2, -0.15) is 0 Å². The van der Waals surface area contributed by atoms with E-state index in [0.29, 0.717) is 12.5 Å². The molecule has 0 radical (unpaired) electrons. The van der Waals surface area contributed by atoms with Gasteiger partial charge in [-0.05, 0) is 37.5 Å². The molecule has 0 aromatic heterocycles. The van der Waals surface area contributed by atoms with E-state index in [-0.39, 0.29) is 6.09 Å². The van der Waals surface area contributed by atoms with Crippen LogP contribution in [0.4, 0.5) is 4.79 Å². The van der Waals surface area contributed by atoms with Crippen LogP contribution in [-0.2, 0) is 4.74 Å². The molecule has 0 aliphatic carbocycles. The topological polar surface area (TPSA) is 38.3 Å². The SMILES string of the molecule is CC(C)CCCCOC(=O)NCCCC(C)C. The standard InChI is InChI=1S/C14H29NO2/c1-12(2)8-5-6-11-17-14(16)15-10-7-9-13(3)4/h12-13H,5-11H2,1-4H3,(H,15,16). The van der Waals surface area contributed by atoms with Crippen molar-refractivity contribution in [1.82, 2.24) is 5.32 Å². The van der Waals surface area contributed by atoms with Gasteiger partial charge in [-0.15, -0.1) is 0 Å². The lowest BCUT2D eigenvalue weighted by Crippen LogP contribution is -2.25. The first kappa shape index (κ1) is 16.3. The number of carbonyl (C=O) groups is 1. The summed E-state index contributed by atoms with van der Waals surface area (Å²) in [5.74, 6) is 1.43. The maximum atomic E-state index is 11.3. The van der Waals surface area contributed by atoms with E-state index in [9.17, 15) is 4.79 Å². The summed E-state index contributed by atoms with van der Waals surface area (Å²) >= 11 is 0. The van der Waals surface area contributed by atoms with Gasteiger partial charge in [-0.1, -0.05) is 34.1 Å². The van der Waals surface area contributed by atoms with Crippen LogP contribution in [0.3, 0.4) is 0 Å². The van der Waals surface area contributed by atoms with E-state index < -0.39 is 0 Å². The zero-order valence-corrected chi connectivity index (χ0v) is 11.9. The monoisotopic (exact) mass is 243 g/mol. The Morgan fingerprint density at radius 1 is 1.00 bits per heavy atom. The Balaban J connectivity index is 3.23. The Hall–Kier alpha value is -0.730. The Morgan fingerprint density at radius 3 is 2.18 bits per heavy atom. The fourth-order valence-electron chi connectivity index (χ4n) is 1.57. The smallest absolute Gasteiger partial charge is 0.407 e. The summed E-state index contributed by atoms with van der Waals surface area (Å²) < 4.78 is 5.08. The van der Waals surface area contributed by atoms with Crippen molar-refractivity contribution in [3.05, 3.63) is 0 Å². The normalized spacial score (nSPS) is 10.9. The molecule has 1 N–H and O–H groups in total. The summed E-state index contributed by atoms with van der Waals surface area (Å²) in [7, 11) is 0. The number of alkyl carbamates (subject to hydrolysis) is 1. The van der Waals surface area contributed by atoms with Gasteiger partial charge in [0.1, 0.15) is 0 Å². The van der Waals surface area contributed by atoms with Gasteiger partial charge in [0.05, 0.1) is 6.61 Å². The van der Waals surface area contributed by atoms with E-state index >= 15 is 0 Å². The van der Waals surface area contributed by atoms with Crippen LogP contribution in [0.1, 0.15) is 59.8 Å². The molecule has 0 aromatic rings. The molecule has 3 heteroatoms. The first-order valence-corrected chi connectivity index (χ1v) is 6.93. The molecule has 102 valence electrons. The lowest BCUT2D eigenvalue weighted by atomic mass is 10.1. The molecule has 17 heavy (non-hydrogen) atoms. The van der Waals surface area contributed by atoms with Crippen molar-refractivity contribution in [2.24, 2.45) is 11.8 Å². The number of carbonyl (C=O) groups excluding carboxylic acids is 1. The van der Waals surface area contributed by atoms with Crippen molar-refractivity contribution in [3.63, 3.8) is 0 Å². The molecule has 3 nitrogen and oxygen atoms in total. The summed E-state index contributed by atoms with van der Waals surface area (Å²) in [5, 5.41) is 2.78. The number of rotatable bonds is 9. The van der Waals surface area contributed by atoms with Gasteiger partial charge in [0.25, 0.3) is 0 Å². The highest BCUT2D eigenvalue weighted by Crippen LogP contribution is 2.06. The molecule has 0 aliphatic rings. The fraction of sp³-hybridized carbons (Fsp3) is 0.929. The summed E-state index contributed by atoms with van der Waals surface area (Å²) in [6.07, 6.45) is 5.22. The number of unbranched alkanes of at least 4 members (excludes halogenated alkanes) is 1. The van der Waals surface area contributed by atoms with Crippen LogP contribution in [0.2, 0.25) is 0 Å². The fourth-order valence-corrected chi connectivity index (χ4v) is 1.57. The van der Waals surface area contributed by atoms with Crippen molar-refractivity contribution in [2.45, 2.75) is 59.8 Å². The lowest BCUT2D eigenvalue weighted by molar-refractivity contribution is 0.143. The van der Waals surface area contributed by atoms with Crippen LogP contribution >= 0.6 is 0 Å². The lowest BCUT2D eigenvalue weighted by Gasteiger charge is -2.08. The van der Waals surface area contributed by atoms with Gasteiger partial charge in [0.2, 0.25) is 0 Å². The third kappa shape index (κ3) is 13.2. The summed E-state index contributed by atoms with van der Waals surface area (Å²) in [5.41, 5.74) is 0. The molecule has 0 rings (SSSR count). The van der Waals surface area contributed by atoms with Crippen molar-refractivity contribution in [1.29, 1.82) is 0 Å². The molecule has 0 bridgehead atoms. The van der Waals surface area contributed by atoms with E-state index in [4.69, 9.17) is 4.74 Å². The van der Waals surface area contributed by atoms with Crippen LogP contribution in [0.15, 0.2) is 0 Å². The Bertz CT molecular complexity index is 191. The zero-order chi connectivity index (χ0) is 13.1. The third-order valence-corrected chi connectivity index (χ3v) is 2.64. The van der Waals surface area contributed by atoms with Gasteiger partial charge < -0.3 is 10.1 Å². The van der Waals surface area contributed by atoms with Crippen LogP contribution in [0.25, 0.3) is 0 Å². The molecule has 0 atom stereocenters. The molecule has 0 unspecified atom stereocenters. The first-order valence-electron chi connectivity index (χ1n) is 6.93. The van der Waals surface area contributed by atoms with Crippen molar-refractivity contribution in [2.75, 3.05) is 13.2 Å². The molecular formula is C14H29NO2. The van der Waals surface area contributed by atoms with Crippen LogP contribution in [0.5, 0.6) is 0 Å². The Labute approximate surface area is 106 Å². The number of nitrogens with one attached hydrogen (secondary N) is 1. The highest BCUT2D eigenvalue weighted by molar-refractivity contribution is 5.66. The minimum Gasteiger partial charge on any atom is -0.450 e.